The number of carbonyl (C=O) groups is 1. The highest BCUT2D eigenvalue weighted by Gasteiger charge is 2.12. The molecule has 2 rings (SSSR count). The van der Waals surface area contributed by atoms with Crippen molar-refractivity contribution in [3.63, 3.8) is 0 Å². The van der Waals surface area contributed by atoms with Crippen molar-refractivity contribution in [2.45, 2.75) is 19.6 Å². The Balaban J connectivity index is 1.90. The van der Waals surface area contributed by atoms with Gasteiger partial charge in [-0.1, -0.05) is 12.1 Å². The number of halogens is 1. The van der Waals surface area contributed by atoms with Crippen LogP contribution in [0.2, 0.25) is 0 Å². The minimum Gasteiger partial charge on any atom is -0.489 e. The first-order chi connectivity index (χ1) is 10.6. The van der Waals surface area contributed by atoms with E-state index < -0.39 is 6.10 Å². The van der Waals surface area contributed by atoms with Gasteiger partial charge in [-0.15, -0.1) is 0 Å². The molecular formula is C17H18FNO3. The second-order valence-corrected chi connectivity index (χ2v) is 4.76. The lowest BCUT2D eigenvalue weighted by atomic mass is 10.2. The summed E-state index contributed by atoms with van der Waals surface area (Å²) in [5.41, 5.74) is 0.758. The first-order valence-electron chi connectivity index (χ1n) is 6.94. The van der Waals surface area contributed by atoms with E-state index in [1.54, 1.807) is 50.4 Å². The van der Waals surface area contributed by atoms with Gasteiger partial charge in [0.25, 0.3) is 5.91 Å². The van der Waals surface area contributed by atoms with E-state index in [2.05, 4.69) is 5.32 Å². The number of ether oxygens (including phenoxy) is 2. The first-order valence-corrected chi connectivity index (χ1v) is 6.94. The number of rotatable bonds is 6. The van der Waals surface area contributed by atoms with Crippen LogP contribution < -0.4 is 14.8 Å². The summed E-state index contributed by atoms with van der Waals surface area (Å²) in [4.78, 5) is 11.4. The smallest absolute Gasteiger partial charge is 0.260 e. The number of likely N-dealkylation sites (N-methyl/N-ethyl adjacent to an activating group) is 1. The van der Waals surface area contributed by atoms with Gasteiger partial charge in [0.15, 0.2) is 6.10 Å². The predicted octanol–water partition coefficient (Wildman–Crippen LogP) is 2.92. The highest BCUT2D eigenvalue weighted by Crippen LogP contribution is 2.19. The molecule has 4 nitrogen and oxygen atoms in total. The summed E-state index contributed by atoms with van der Waals surface area (Å²) >= 11 is 0. The molecule has 0 aliphatic heterocycles. The molecule has 0 heterocycles. The minimum atomic E-state index is -0.566. The summed E-state index contributed by atoms with van der Waals surface area (Å²) in [5, 5.41) is 2.52. The fourth-order valence-corrected chi connectivity index (χ4v) is 1.87. The van der Waals surface area contributed by atoms with E-state index in [0.29, 0.717) is 11.5 Å². The molecule has 0 saturated heterocycles. The van der Waals surface area contributed by atoms with E-state index in [0.717, 1.165) is 5.56 Å². The average molecular weight is 303 g/mol. The minimum absolute atomic E-state index is 0.188. The second kappa shape index (κ2) is 7.45. The Hall–Kier alpha value is -2.56. The highest BCUT2D eigenvalue weighted by atomic mass is 19.1. The molecule has 116 valence electrons. The summed E-state index contributed by atoms with van der Waals surface area (Å²) in [5.74, 6) is 0.748. The fraction of sp³-hybridized carbons (Fsp3) is 0.235. The van der Waals surface area contributed by atoms with Crippen molar-refractivity contribution in [3.8, 4) is 11.5 Å². The molecule has 0 unspecified atom stereocenters. The molecule has 0 spiro atoms. The highest BCUT2D eigenvalue weighted by molar-refractivity contribution is 5.80. The van der Waals surface area contributed by atoms with Crippen LogP contribution in [0.5, 0.6) is 11.5 Å². The molecule has 2 aromatic rings. The predicted molar refractivity (Wildman–Crippen MR) is 81.3 cm³/mol. The molecule has 2 aromatic carbocycles. The van der Waals surface area contributed by atoms with E-state index in [1.165, 1.54) is 12.1 Å². The maximum atomic E-state index is 13.1. The van der Waals surface area contributed by atoms with E-state index in [1.807, 2.05) is 0 Å². The standard InChI is InChI=1S/C17H18FNO3/c1-12(17(20)19-2)22-16-8-6-15(7-9-16)21-11-13-4-3-5-14(18)10-13/h3-10,12H,11H2,1-2H3,(H,19,20)/t12-/m0/s1. The summed E-state index contributed by atoms with van der Waals surface area (Å²) in [6, 6.07) is 13.2. The number of hydrogen-bond acceptors (Lipinski definition) is 3. The molecular weight excluding hydrogens is 285 g/mol. The lowest BCUT2D eigenvalue weighted by Gasteiger charge is -2.13. The Morgan fingerprint density at radius 1 is 1.18 bits per heavy atom. The molecule has 0 aliphatic rings. The third kappa shape index (κ3) is 4.48. The molecule has 1 amide bonds. The lowest BCUT2D eigenvalue weighted by Crippen LogP contribution is -2.33. The van der Waals surface area contributed by atoms with Gasteiger partial charge < -0.3 is 14.8 Å². The summed E-state index contributed by atoms with van der Waals surface area (Å²) in [7, 11) is 1.56. The summed E-state index contributed by atoms with van der Waals surface area (Å²) in [6.45, 7) is 1.96. The Labute approximate surface area is 128 Å². The Morgan fingerprint density at radius 3 is 2.50 bits per heavy atom. The van der Waals surface area contributed by atoms with Crippen molar-refractivity contribution in [3.05, 3.63) is 59.9 Å². The van der Waals surface area contributed by atoms with Crippen molar-refractivity contribution in [1.82, 2.24) is 5.32 Å². The molecule has 0 aliphatic carbocycles. The van der Waals surface area contributed by atoms with Crippen LogP contribution in [-0.2, 0) is 11.4 Å². The van der Waals surface area contributed by atoms with Gasteiger partial charge in [0, 0.05) is 7.05 Å². The molecule has 0 saturated carbocycles. The van der Waals surface area contributed by atoms with Gasteiger partial charge in [-0.3, -0.25) is 4.79 Å². The van der Waals surface area contributed by atoms with Gasteiger partial charge >= 0.3 is 0 Å². The number of benzene rings is 2. The van der Waals surface area contributed by atoms with Gasteiger partial charge in [0.2, 0.25) is 0 Å². The van der Waals surface area contributed by atoms with Crippen molar-refractivity contribution in [2.24, 2.45) is 0 Å². The van der Waals surface area contributed by atoms with Gasteiger partial charge in [-0.05, 0) is 48.9 Å². The quantitative estimate of drug-likeness (QED) is 0.892. The van der Waals surface area contributed by atoms with Crippen molar-refractivity contribution < 1.29 is 18.7 Å². The zero-order valence-electron chi connectivity index (χ0n) is 12.5. The molecule has 1 atom stereocenters. The van der Waals surface area contributed by atoms with E-state index in [4.69, 9.17) is 9.47 Å². The normalized spacial score (nSPS) is 11.6. The van der Waals surface area contributed by atoms with Crippen LogP contribution >= 0.6 is 0 Å². The molecule has 0 fully saturated rings. The number of hydrogen-bond donors (Lipinski definition) is 1. The van der Waals surface area contributed by atoms with E-state index in [9.17, 15) is 9.18 Å². The number of nitrogens with one attached hydrogen (secondary N) is 1. The van der Waals surface area contributed by atoms with Crippen LogP contribution in [0.25, 0.3) is 0 Å². The van der Waals surface area contributed by atoms with Gasteiger partial charge in [0.05, 0.1) is 0 Å². The van der Waals surface area contributed by atoms with Crippen molar-refractivity contribution >= 4 is 5.91 Å². The zero-order chi connectivity index (χ0) is 15.9. The van der Waals surface area contributed by atoms with E-state index in [-0.39, 0.29) is 18.3 Å². The number of amides is 1. The van der Waals surface area contributed by atoms with Crippen LogP contribution in [0.15, 0.2) is 48.5 Å². The molecule has 22 heavy (non-hydrogen) atoms. The molecule has 1 N–H and O–H groups in total. The van der Waals surface area contributed by atoms with Crippen molar-refractivity contribution in [1.29, 1.82) is 0 Å². The maximum Gasteiger partial charge on any atom is 0.260 e. The Kier molecular flexibility index (Phi) is 5.36. The maximum absolute atomic E-state index is 13.1. The summed E-state index contributed by atoms with van der Waals surface area (Å²) < 4.78 is 24.1. The third-order valence-corrected chi connectivity index (χ3v) is 3.05. The first kappa shape index (κ1) is 15.8. The van der Waals surface area contributed by atoms with Crippen LogP contribution in [0.1, 0.15) is 12.5 Å². The molecule has 5 heteroatoms. The Morgan fingerprint density at radius 2 is 1.86 bits per heavy atom. The second-order valence-electron chi connectivity index (χ2n) is 4.76. The molecule has 0 bridgehead atoms. The topological polar surface area (TPSA) is 47.6 Å². The molecule has 0 aromatic heterocycles. The monoisotopic (exact) mass is 303 g/mol. The lowest BCUT2D eigenvalue weighted by molar-refractivity contribution is -0.126. The summed E-state index contributed by atoms with van der Waals surface area (Å²) in [6.07, 6.45) is -0.566. The van der Waals surface area contributed by atoms with Gasteiger partial charge in [-0.2, -0.15) is 0 Å². The van der Waals surface area contributed by atoms with Crippen LogP contribution in [0.3, 0.4) is 0 Å². The van der Waals surface area contributed by atoms with Crippen LogP contribution in [0, 0.1) is 5.82 Å². The zero-order valence-corrected chi connectivity index (χ0v) is 12.5. The van der Waals surface area contributed by atoms with Crippen LogP contribution in [-0.4, -0.2) is 19.1 Å². The SMILES string of the molecule is CNC(=O)[C@H](C)Oc1ccc(OCc2cccc(F)c2)cc1. The van der Waals surface area contributed by atoms with Gasteiger partial charge in [-0.25, -0.2) is 4.39 Å². The van der Waals surface area contributed by atoms with Gasteiger partial charge in [0.1, 0.15) is 23.9 Å². The average Bonchev–Trinajstić information content (AvgIpc) is 2.53. The number of carbonyl (C=O) groups excluding carboxylic acids is 1. The Bertz CT molecular complexity index is 628. The van der Waals surface area contributed by atoms with Crippen LogP contribution in [0.4, 0.5) is 4.39 Å². The largest absolute Gasteiger partial charge is 0.489 e. The van der Waals surface area contributed by atoms with E-state index >= 15 is 0 Å². The fourth-order valence-electron chi connectivity index (χ4n) is 1.87. The molecule has 0 radical (unpaired) electrons. The van der Waals surface area contributed by atoms with Crippen molar-refractivity contribution in [2.75, 3.05) is 7.05 Å². The third-order valence-electron chi connectivity index (χ3n) is 3.05.